The SMILES string of the molecule is Cc1cc(N2CCC(F)CC2)ccc1[N+](=O)[O-]. The smallest absolute Gasteiger partial charge is 0.272 e. The number of benzene rings is 1. The number of hydrogen-bond acceptors (Lipinski definition) is 3. The quantitative estimate of drug-likeness (QED) is 0.588. The van der Waals surface area contributed by atoms with Gasteiger partial charge in [0, 0.05) is 30.4 Å². The van der Waals surface area contributed by atoms with Crippen LogP contribution in [0.4, 0.5) is 15.8 Å². The van der Waals surface area contributed by atoms with Gasteiger partial charge in [-0.1, -0.05) is 0 Å². The lowest BCUT2D eigenvalue weighted by molar-refractivity contribution is -0.385. The molecule has 0 unspecified atom stereocenters. The van der Waals surface area contributed by atoms with Gasteiger partial charge in [-0.15, -0.1) is 0 Å². The molecule has 17 heavy (non-hydrogen) atoms. The first-order valence-electron chi connectivity index (χ1n) is 5.72. The van der Waals surface area contributed by atoms with Gasteiger partial charge >= 0.3 is 0 Å². The monoisotopic (exact) mass is 238 g/mol. The molecule has 0 bridgehead atoms. The summed E-state index contributed by atoms with van der Waals surface area (Å²) in [6.07, 6.45) is 0.372. The number of nitro groups is 1. The molecule has 2 rings (SSSR count). The highest BCUT2D eigenvalue weighted by Crippen LogP contribution is 2.26. The first-order valence-corrected chi connectivity index (χ1v) is 5.72. The summed E-state index contributed by atoms with van der Waals surface area (Å²) in [5.41, 5.74) is 1.73. The maximum Gasteiger partial charge on any atom is 0.272 e. The minimum atomic E-state index is -0.703. The van der Waals surface area contributed by atoms with E-state index in [0.717, 1.165) is 5.69 Å². The van der Waals surface area contributed by atoms with Gasteiger partial charge < -0.3 is 4.90 Å². The van der Waals surface area contributed by atoms with Crippen LogP contribution in [0, 0.1) is 17.0 Å². The maximum absolute atomic E-state index is 13.0. The van der Waals surface area contributed by atoms with Gasteiger partial charge in [0.2, 0.25) is 0 Å². The van der Waals surface area contributed by atoms with E-state index in [4.69, 9.17) is 0 Å². The molecule has 0 atom stereocenters. The number of halogens is 1. The first-order chi connectivity index (χ1) is 8.08. The van der Waals surface area contributed by atoms with Crippen LogP contribution in [0.2, 0.25) is 0 Å². The van der Waals surface area contributed by atoms with Crippen LogP contribution in [-0.2, 0) is 0 Å². The molecule has 1 aliphatic rings. The van der Waals surface area contributed by atoms with Gasteiger partial charge in [-0.25, -0.2) is 4.39 Å². The Kier molecular flexibility index (Phi) is 3.26. The summed E-state index contributed by atoms with van der Waals surface area (Å²) in [6.45, 7) is 3.08. The molecule has 0 saturated carbocycles. The highest BCUT2D eigenvalue weighted by atomic mass is 19.1. The Bertz CT molecular complexity index is 429. The summed E-state index contributed by atoms with van der Waals surface area (Å²) in [4.78, 5) is 12.4. The fraction of sp³-hybridized carbons (Fsp3) is 0.500. The van der Waals surface area contributed by atoms with E-state index in [1.165, 1.54) is 6.07 Å². The predicted octanol–water partition coefficient (Wildman–Crippen LogP) is 2.84. The summed E-state index contributed by atoms with van der Waals surface area (Å²) < 4.78 is 13.0. The average molecular weight is 238 g/mol. The molecule has 1 saturated heterocycles. The molecule has 0 radical (unpaired) electrons. The molecule has 0 N–H and O–H groups in total. The molecule has 1 heterocycles. The standard InChI is InChI=1S/C12H15FN2O2/c1-9-8-11(2-3-12(9)15(16)17)14-6-4-10(13)5-7-14/h2-3,8,10H,4-7H2,1H3. The van der Waals surface area contributed by atoms with Crippen molar-refractivity contribution in [3.8, 4) is 0 Å². The van der Waals surface area contributed by atoms with Crippen LogP contribution in [0.5, 0.6) is 0 Å². The van der Waals surface area contributed by atoms with Crippen molar-refractivity contribution in [2.24, 2.45) is 0 Å². The lowest BCUT2D eigenvalue weighted by Gasteiger charge is -2.30. The largest absolute Gasteiger partial charge is 0.371 e. The number of alkyl halides is 1. The van der Waals surface area contributed by atoms with Crippen molar-refractivity contribution in [3.05, 3.63) is 33.9 Å². The normalized spacial score (nSPS) is 17.2. The minimum Gasteiger partial charge on any atom is -0.371 e. The van der Waals surface area contributed by atoms with Crippen LogP contribution in [0.3, 0.4) is 0 Å². The Balaban J connectivity index is 2.17. The zero-order chi connectivity index (χ0) is 12.4. The number of piperidine rings is 1. The third kappa shape index (κ3) is 2.54. The van der Waals surface area contributed by atoms with Crippen LogP contribution >= 0.6 is 0 Å². The minimum absolute atomic E-state index is 0.133. The third-order valence-corrected chi connectivity index (χ3v) is 3.17. The van der Waals surface area contributed by atoms with E-state index < -0.39 is 6.17 Å². The Labute approximate surface area is 99.2 Å². The van der Waals surface area contributed by atoms with E-state index in [2.05, 4.69) is 4.90 Å². The summed E-state index contributed by atoms with van der Waals surface area (Å²) in [5, 5.41) is 10.7. The van der Waals surface area contributed by atoms with E-state index in [9.17, 15) is 14.5 Å². The van der Waals surface area contributed by atoms with Gasteiger partial charge in [-0.3, -0.25) is 10.1 Å². The van der Waals surface area contributed by atoms with E-state index in [0.29, 0.717) is 31.5 Å². The summed E-state index contributed by atoms with van der Waals surface area (Å²) in [5.74, 6) is 0. The van der Waals surface area contributed by atoms with E-state index in [-0.39, 0.29) is 10.6 Å². The van der Waals surface area contributed by atoms with Crippen molar-refractivity contribution in [1.82, 2.24) is 0 Å². The maximum atomic E-state index is 13.0. The summed E-state index contributed by atoms with van der Waals surface area (Å²) in [7, 11) is 0. The van der Waals surface area contributed by atoms with Crippen molar-refractivity contribution in [3.63, 3.8) is 0 Å². The lowest BCUT2D eigenvalue weighted by atomic mass is 10.1. The van der Waals surface area contributed by atoms with Gasteiger partial charge in [0.25, 0.3) is 5.69 Å². The highest BCUT2D eigenvalue weighted by molar-refractivity contribution is 5.55. The zero-order valence-electron chi connectivity index (χ0n) is 9.73. The predicted molar refractivity (Wildman–Crippen MR) is 64.2 cm³/mol. The molecule has 92 valence electrons. The second kappa shape index (κ2) is 4.69. The average Bonchev–Trinajstić information content (AvgIpc) is 2.29. The van der Waals surface area contributed by atoms with Crippen molar-refractivity contribution in [1.29, 1.82) is 0 Å². The number of nitro benzene ring substituents is 1. The van der Waals surface area contributed by atoms with Crippen molar-refractivity contribution in [2.45, 2.75) is 25.9 Å². The molecule has 1 fully saturated rings. The fourth-order valence-electron chi connectivity index (χ4n) is 2.15. The Morgan fingerprint density at radius 2 is 2.06 bits per heavy atom. The molecule has 0 aromatic heterocycles. The molecule has 1 aromatic carbocycles. The highest BCUT2D eigenvalue weighted by Gasteiger charge is 2.20. The van der Waals surface area contributed by atoms with Gasteiger partial charge in [-0.2, -0.15) is 0 Å². The molecule has 1 aromatic rings. The Morgan fingerprint density at radius 1 is 1.41 bits per heavy atom. The van der Waals surface area contributed by atoms with Crippen molar-refractivity contribution >= 4 is 11.4 Å². The number of nitrogens with zero attached hydrogens (tertiary/aromatic N) is 2. The Morgan fingerprint density at radius 3 is 2.59 bits per heavy atom. The molecular weight excluding hydrogens is 223 g/mol. The van der Waals surface area contributed by atoms with Crippen molar-refractivity contribution in [2.75, 3.05) is 18.0 Å². The number of anilines is 1. The number of rotatable bonds is 2. The zero-order valence-corrected chi connectivity index (χ0v) is 9.73. The topological polar surface area (TPSA) is 46.4 Å². The van der Waals surface area contributed by atoms with Crippen LogP contribution in [0.25, 0.3) is 0 Å². The van der Waals surface area contributed by atoms with E-state index >= 15 is 0 Å². The molecule has 1 aliphatic heterocycles. The van der Waals surface area contributed by atoms with Crippen LogP contribution < -0.4 is 4.90 Å². The second-order valence-corrected chi connectivity index (χ2v) is 4.39. The van der Waals surface area contributed by atoms with Gasteiger partial charge in [0.05, 0.1) is 4.92 Å². The molecular formula is C12H15FN2O2. The number of aryl methyl sites for hydroxylation is 1. The number of hydrogen-bond donors (Lipinski definition) is 0. The summed E-state index contributed by atoms with van der Waals surface area (Å²) >= 11 is 0. The molecule has 0 spiro atoms. The van der Waals surface area contributed by atoms with Crippen LogP contribution in [0.15, 0.2) is 18.2 Å². The van der Waals surface area contributed by atoms with Gasteiger partial charge in [-0.05, 0) is 31.9 Å². The first kappa shape index (κ1) is 11.8. The third-order valence-electron chi connectivity index (χ3n) is 3.17. The van der Waals surface area contributed by atoms with Crippen LogP contribution in [-0.4, -0.2) is 24.2 Å². The van der Waals surface area contributed by atoms with Crippen LogP contribution in [0.1, 0.15) is 18.4 Å². The van der Waals surface area contributed by atoms with Gasteiger partial charge in [0.1, 0.15) is 6.17 Å². The summed E-state index contributed by atoms with van der Waals surface area (Å²) in [6, 6.07) is 5.06. The molecule has 0 amide bonds. The lowest BCUT2D eigenvalue weighted by Crippen LogP contribution is -2.34. The Hall–Kier alpha value is -1.65. The van der Waals surface area contributed by atoms with E-state index in [1.54, 1.807) is 19.1 Å². The fourth-order valence-corrected chi connectivity index (χ4v) is 2.15. The second-order valence-electron chi connectivity index (χ2n) is 4.39. The van der Waals surface area contributed by atoms with Gasteiger partial charge in [0.15, 0.2) is 0 Å². The van der Waals surface area contributed by atoms with Crippen molar-refractivity contribution < 1.29 is 9.31 Å². The molecule has 0 aliphatic carbocycles. The molecule has 4 nitrogen and oxygen atoms in total. The molecule has 5 heteroatoms. The van der Waals surface area contributed by atoms with E-state index in [1.807, 2.05) is 0 Å².